The highest BCUT2D eigenvalue weighted by atomic mass is 32.1. The Morgan fingerprint density at radius 1 is 1.33 bits per heavy atom. The Balaban J connectivity index is 1.53. The summed E-state index contributed by atoms with van der Waals surface area (Å²) in [5.74, 6) is 0.538. The van der Waals surface area contributed by atoms with Crippen LogP contribution in [-0.2, 0) is 0 Å². The first-order chi connectivity index (χ1) is 11.6. The van der Waals surface area contributed by atoms with Gasteiger partial charge in [-0.1, -0.05) is 5.16 Å². The number of hydrogen-bond acceptors (Lipinski definition) is 5. The Labute approximate surface area is 141 Å². The zero-order valence-electron chi connectivity index (χ0n) is 12.9. The second-order valence-electron chi connectivity index (χ2n) is 5.77. The quantitative estimate of drug-likeness (QED) is 0.763. The van der Waals surface area contributed by atoms with Crippen LogP contribution in [0, 0.1) is 12.7 Å². The molecule has 0 bridgehead atoms. The predicted molar refractivity (Wildman–Crippen MR) is 88.7 cm³/mol. The summed E-state index contributed by atoms with van der Waals surface area (Å²) in [6, 6.07) is 7.81. The summed E-state index contributed by atoms with van der Waals surface area (Å²) in [5.41, 5.74) is 1.80. The van der Waals surface area contributed by atoms with Crippen LogP contribution in [0.25, 0.3) is 11.3 Å². The molecule has 0 radical (unpaired) electrons. The van der Waals surface area contributed by atoms with E-state index in [1.54, 1.807) is 18.2 Å². The van der Waals surface area contributed by atoms with Crippen LogP contribution in [0.2, 0.25) is 0 Å². The third-order valence-corrected chi connectivity index (χ3v) is 4.76. The standard InChI is InChI=1S/C17H14FN3O2S/c1-9-15(11-4-6-12(18)7-5-11)19-17(24-9)20-16(22)13-8-14(23-21-13)10-2-3-10/h4-8,10H,2-3H2,1H3,(H,19,20,22). The van der Waals surface area contributed by atoms with Gasteiger partial charge in [-0.3, -0.25) is 10.1 Å². The molecule has 1 aliphatic carbocycles. The van der Waals surface area contributed by atoms with Crippen LogP contribution in [0.3, 0.4) is 0 Å². The molecule has 0 saturated heterocycles. The van der Waals surface area contributed by atoms with Gasteiger partial charge in [0.2, 0.25) is 0 Å². The van der Waals surface area contributed by atoms with Crippen LogP contribution in [-0.4, -0.2) is 16.0 Å². The first-order valence-electron chi connectivity index (χ1n) is 7.61. The first-order valence-corrected chi connectivity index (χ1v) is 8.43. The van der Waals surface area contributed by atoms with E-state index in [0.717, 1.165) is 34.7 Å². The minimum atomic E-state index is -0.343. The summed E-state index contributed by atoms with van der Waals surface area (Å²) in [5, 5.41) is 7.04. The number of aryl methyl sites for hydroxylation is 1. The van der Waals surface area contributed by atoms with E-state index >= 15 is 0 Å². The zero-order valence-corrected chi connectivity index (χ0v) is 13.7. The third kappa shape index (κ3) is 2.94. The van der Waals surface area contributed by atoms with E-state index in [0.29, 0.717) is 11.0 Å². The molecule has 5 nitrogen and oxygen atoms in total. The molecule has 0 unspecified atom stereocenters. The number of anilines is 1. The van der Waals surface area contributed by atoms with Crippen LogP contribution in [0.1, 0.15) is 39.9 Å². The van der Waals surface area contributed by atoms with Crippen molar-refractivity contribution in [2.45, 2.75) is 25.7 Å². The van der Waals surface area contributed by atoms with Crippen molar-refractivity contribution in [3.63, 3.8) is 0 Å². The van der Waals surface area contributed by atoms with Crippen LogP contribution in [0.5, 0.6) is 0 Å². The van der Waals surface area contributed by atoms with Crippen molar-refractivity contribution >= 4 is 22.4 Å². The van der Waals surface area contributed by atoms with Gasteiger partial charge in [-0.15, -0.1) is 11.3 Å². The van der Waals surface area contributed by atoms with Crippen LogP contribution in [0.4, 0.5) is 9.52 Å². The summed E-state index contributed by atoms with van der Waals surface area (Å²) < 4.78 is 18.2. The van der Waals surface area contributed by atoms with Crippen molar-refractivity contribution in [2.75, 3.05) is 5.32 Å². The summed E-state index contributed by atoms with van der Waals surface area (Å²) in [4.78, 5) is 17.6. The molecule has 2 aromatic heterocycles. The average Bonchev–Trinajstić information content (AvgIpc) is 3.18. The van der Waals surface area contributed by atoms with Gasteiger partial charge in [0.1, 0.15) is 11.6 Å². The van der Waals surface area contributed by atoms with Gasteiger partial charge in [0.15, 0.2) is 10.8 Å². The fraction of sp³-hybridized carbons (Fsp3) is 0.235. The van der Waals surface area contributed by atoms with Gasteiger partial charge >= 0.3 is 0 Å². The largest absolute Gasteiger partial charge is 0.360 e. The summed E-state index contributed by atoms with van der Waals surface area (Å²) in [7, 11) is 0. The molecule has 0 aliphatic heterocycles. The third-order valence-electron chi connectivity index (χ3n) is 3.88. The number of aromatic nitrogens is 2. The molecule has 4 rings (SSSR count). The van der Waals surface area contributed by atoms with E-state index in [2.05, 4.69) is 15.5 Å². The molecule has 1 aliphatic rings. The molecule has 1 fully saturated rings. The van der Waals surface area contributed by atoms with Crippen LogP contribution < -0.4 is 5.32 Å². The van der Waals surface area contributed by atoms with Crippen molar-refractivity contribution < 1.29 is 13.7 Å². The molecule has 0 atom stereocenters. The van der Waals surface area contributed by atoms with Crippen LogP contribution >= 0.6 is 11.3 Å². The monoisotopic (exact) mass is 343 g/mol. The number of amides is 1. The van der Waals surface area contributed by atoms with E-state index in [-0.39, 0.29) is 17.4 Å². The van der Waals surface area contributed by atoms with Crippen molar-refractivity contribution in [3.8, 4) is 11.3 Å². The SMILES string of the molecule is Cc1sc(NC(=O)c2cc(C3CC3)on2)nc1-c1ccc(F)cc1. The van der Waals surface area contributed by atoms with Crippen LogP contribution in [0.15, 0.2) is 34.9 Å². The fourth-order valence-corrected chi connectivity index (χ4v) is 3.27. The number of carbonyl (C=O) groups is 1. The molecule has 0 spiro atoms. The number of benzene rings is 1. The van der Waals surface area contributed by atoms with Gasteiger partial charge in [0.25, 0.3) is 5.91 Å². The molecule has 1 aromatic carbocycles. The number of thiazole rings is 1. The number of nitrogens with zero attached hydrogens (tertiary/aromatic N) is 2. The molecule has 3 aromatic rings. The Bertz CT molecular complexity index is 897. The maximum absolute atomic E-state index is 13.0. The minimum absolute atomic E-state index is 0.257. The highest BCUT2D eigenvalue weighted by molar-refractivity contribution is 7.16. The van der Waals surface area contributed by atoms with E-state index in [1.165, 1.54) is 23.5 Å². The fourth-order valence-electron chi connectivity index (χ4n) is 2.44. The Morgan fingerprint density at radius 2 is 2.08 bits per heavy atom. The molecule has 1 saturated carbocycles. The van der Waals surface area contributed by atoms with Crippen molar-refractivity contribution in [1.29, 1.82) is 0 Å². The van der Waals surface area contributed by atoms with E-state index in [4.69, 9.17) is 4.52 Å². The average molecular weight is 343 g/mol. The topological polar surface area (TPSA) is 68.0 Å². The maximum Gasteiger partial charge on any atom is 0.279 e. The molecular formula is C17H14FN3O2S. The lowest BCUT2D eigenvalue weighted by Gasteiger charge is -1.98. The van der Waals surface area contributed by atoms with Crippen molar-refractivity contribution in [1.82, 2.24) is 10.1 Å². The second kappa shape index (κ2) is 5.83. The molecular weight excluding hydrogens is 329 g/mol. The number of hydrogen-bond donors (Lipinski definition) is 1. The van der Waals surface area contributed by atoms with Gasteiger partial charge in [-0.05, 0) is 44.0 Å². The zero-order chi connectivity index (χ0) is 16.7. The van der Waals surface area contributed by atoms with Gasteiger partial charge in [0.05, 0.1) is 5.69 Å². The number of halogens is 1. The molecule has 2 heterocycles. The predicted octanol–water partition coefficient (Wildman–Crippen LogP) is 4.38. The number of nitrogens with one attached hydrogen (secondary N) is 1. The van der Waals surface area contributed by atoms with Gasteiger partial charge < -0.3 is 4.52 Å². The van der Waals surface area contributed by atoms with Crippen molar-refractivity contribution in [3.05, 3.63) is 52.5 Å². The highest BCUT2D eigenvalue weighted by Crippen LogP contribution is 2.40. The Morgan fingerprint density at radius 3 is 2.79 bits per heavy atom. The lowest BCUT2D eigenvalue weighted by atomic mass is 10.1. The molecule has 1 N–H and O–H groups in total. The first kappa shape index (κ1) is 15.0. The molecule has 7 heteroatoms. The molecule has 1 amide bonds. The maximum atomic E-state index is 13.0. The summed E-state index contributed by atoms with van der Waals surface area (Å²) in [6.45, 7) is 1.91. The lowest BCUT2D eigenvalue weighted by molar-refractivity contribution is 0.101. The van der Waals surface area contributed by atoms with E-state index in [9.17, 15) is 9.18 Å². The van der Waals surface area contributed by atoms with Gasteiger partial charge in [-0.25, -0.2) is 9.37 Å². The lowest BCUT2D eigenvalue weighted by Crippen LogP contribution is -2.11. The minimum Gasteiger partial charge on any atom is -0.360 e. The number of rotatable bonds is 4. The number of carbonyl (C=O) groups excluding carboxylic acids is 1. The highest BCUT2D eigenvalue weighted by Gasteiger charge is 2.29. The summed E-state index contributed by atoms with van der Waals surface area (Å²) >= 11 is 1.37. The molecule has 24 heavy (non-hydrogen) atoms. The Hall–Kier alpha value is -2.54. The Kier molecular flexibility index (Phi) is 3.65. The van der Waals surface area contributed by atoms with E-state index in [1.807, 2.05) is 6.92 Å². The normalized spacial score (nSPS) is 13.9. The second-order valence-corrected chi connectivity index (χ2v) is 6.98. The van der Waals surface area contributed by atoms with Crippen molar-refractivity contribution in [2.24, 2.45) is 0 Å². The van der Waals surface area contributed by atoms with Gasteiger partial charge in [-0.2, -0.15) is 0 Å². The molecule has 122 valence electrons. The van der Waals surface area contributed by atoms with Gasteiger partial charge in [0, 0.05) is 22.4 Å². The summed E-state index contributed by atoms with van der Waals surface area (Å²) in [6.07, 6.45) is 2.17. The smallest absolute Gasteiger partial charge is 0.279 e. The van der Waals surface area contributed by atoms with E-state index < -0.39 is 0 Å².